The highest BCUT2D eigenvalue weighted by molar-refractivity contribution is 8.13. The van der Waals surface area contributed by atoms with Crippen molar-refractivity contribution >= 4 is 28.7 Å². The number of amidine groups is 1. The summed E-state index contributed by atoms with van der Waals surface area (Å²) >= 11 is 1.28. The Morgan fingerprint density at radius 3 is 2.43 bits per heavy atom. The number of nitrogens with two attached hydrogens (primary N) is 1. The molecule has 23 heavy (non-hydrogen) atoms. The Morgan fingerprint density at radius 2 is 1.96 bits per heavy atom. The molecule has 0 aliphatic carbocycles. The summed E-state index contributed by atoms with van der Waals surface area (Å²) in [7, 11) is 3.06. The molecular formula is C14H26N4O4S. The van der Waals surface area contributed by atoms with Gasteiger partial charge in [-0.3, -0.25) is 0 Å². The van der Waals surface area contributed by atoms with Crippen molar-refractivity contribution in [2.75, 3.05) is 33.6 Å². The summed E-state index contributed by atoms with van der Waals surface area (Å²) in [6.07, 6.45) is 1.81. The number of rotatable bonds is 3. The number of carbonyl (C=O) groups excluding carboxylic acids is 1. The largest absolute Gasteiger partial charge is 0.444 e. The molecule has 9 heteroatoms. The number of likely N-dealkylation sites (tertiary alicyclic amines) is 1. The first-order valence-electron chi connectivity index (χ1n) is 7.20. The minimum Gasteiger partial charge on any atom is -0.444 e. The maximum Gasteiger partial charge on any atom is 0.410 e. The quantitative estimate of drug-likeness (QED) is 0.361. The molecule has 0 bridgehead atoms. The number of carbonyl (C=O) groups is 1. The molecule has 1 aliphatic rings. The van der Waals surface area contributed by atoms with E-state index in [1.807, 2.05) is 20.8 Å². The van der Waals surface area contributed by atoms with Gasteiger partial charge in [0, 0.05) is 27.2 Å². The smallest absolute Gasteiger partial charge is 0.410 e. The van der Waals surface area contributed by atoms with Crippen LogP contribution in [0.1, 0.15) is 27.2 Å². The lowest BCUT2D eigenvalue weighted by Crippen LogP contribution is -2.56. The Kier molecular flexibility index (Phi) is 6.84. The Labute approximate surface area is 141 Å². The molecule has 1 fully saturated rings. The summed E-state index contributed by atoms with van der Waals surface area (Å²) < 4.78 is 16.4. The second-order valence-corrected chi connectivity index (χ2v) is 6.83. The lowest BCUT2D eigenvalue weighted by molar-refractivity contribution is -0.166. The van der Waals surface area contributed by atoms with Gasteiger partial charge in [-0.15, -0.1) is 10.2 Å². The summed E-state index contributed by atoms with van der Waals surface area (Å²) in [6.45, 7) is 6.09. The zero-order valence-corrected chi connectivity index (χ0v) is 15.4. The highest BCUT2D eigenvalue weighted by Gasteiger charge is 2.43. The second kappa shape index (κ2) is 7.98. The molecule has 1 heterocycles. The van der Waals surface area contributed by atoms with E-state index in [4.69, 9.17) is 19.9 Å². The molecule has 0 aromatic rings. The number of hydrogen-bond acceptors (Lipinski definition) is 7. The van der Waals surface area contributed by atoms with Gasteiger partial charge in [-0.05, 0) is 27.0 Å². The lowest BCUT2D eigenvalue weighted by Gasteiger charge is -2.40. The van der Waals surface area contributed by atoms with Crippen LogP contribution in [-0.2, 0) is 14.2 Å². The van der Waals surface area contributed by atoms with Crippen LogP contribution >= 0.6 is 11.8 Å². The number of nitrogens with zero attached hydrogens (tertiary/aromatic N) is 3. The molecule has 0 aromatic carbocycles. The molecule has 132 valence electrons. The molecule has 0 spiro atoms. The van der Waals surface area contributed by atoms with Crippen molar-refractivity contribution in [2.24, 2.45) is 15.9 Å². The predicted molar refractivity (Wildman–Crippen MR) is 91.7 cm³/mol. The molecule has 8 nitrogen and oxygen atoms in total. The second-order valence-electron chi connectivity index (χ2n) is 6.00. The van der Waals surface area contributed by atoms with Crippen LogP contribution in [0, 0.1) is 0 Å². The SMILES string of the molecule is COC1(OC)CCN(C(=O)OC(C)(C)C)CC1=NN=C(N)SC. The fourth-order valence-electron chi connectivity index (χ4n) is 2.07. The van der Waals surface area contributed by atoms with Crippen molar-refractivity contribution in [3.05, 3.63) is 0 Å². The van der Waals surface area contributed by atoms with E-state index >= 15 is 0 Å². The predicted octanol–water partition coefficient (Wildman–Crippen LogP) is 1.65. The molecule has 1 amide bonds. The van der Waals surface area contributed by atoms with Gasteiger partial charge in [0.05, 0.1) is 6.54 Å². The third kappa shape index (κ3) is 5.36. The molecule has 0 saturated carbocycles. The van der Waals surface area contributed by atoms with Crippen molar-refractivity contribution < 1.29 is 19.0 Å². The summed E-state index contributed by atoms with van der Waals surface area (Å²) in [5.74, 6) is -1.01. The van der Waals surface area contributed by atoms with Crippen molar-refractivity contribution in [3.63, 3.8) is 0 Å². The van der Waals surface area contributed by atoms with Crippen LogP contribution in [0.4, 0.5) is 4.79 Å². The molecular weight excluding hydrogens is 320 g/mol. The molecule has 1 rings (SSSR count). The zero-order chi connectivity index (χ0) is 17.7. The number of hydrogen-bond donors (Lipinski definition) is 1. The molecule has 0 atom stereocenters. The normalized spacial score (nSPS) is 20.7. The van der Waals surface area contributed by atoms with Gasteiger partial charge in [0.15, 0.2) is 5.17 Å². The van der Waals surface area contributed by atoms with Gasteiger partial charge in [0.2, 0.25) is 5.79 Å². The fourth-order valence-corrected chi connectivity index (χ4v) is 2.19. The molecule has 0 aromatic heterocycles. The monoisotopic (exact) mass is 346 g/mol. The highest BCUT2D eigenvalue weighted by Crippen LogP contribution is 2.26. The first-order chi connectivity index (χ1) is 10.7. The number of methoxy groups -OCH3 is 2. The summed E-state index contributed by atoms with van der Waals surface area (Å²) in [6, 6.07) is 0. The molecule has 1 saturated heterocycles. The third-order valence-corrected chi connectivity index (χ3v) is 3.78. The number of amides is 1. The average Bonchev–Trinajstić information content (AvgIpc) is 2.50. The first-order valence-corrected chi connectivity index (χ1v) is 8.42. The molecule has 2 N–H and O–H groups in total. The van der Waals surface area contributed by atoms with E-state index < -0.39 is 17.5 Å². The van der Waals surface area contributed by atoms with Crippen LogP contribution in [0.5, 0.6) is 0 Å². The topological polar surface area (TPSA) is 98.7 Å². The Bertz CT molecular complexity index is 484. The Morgan fingerprint density at radius 1 is 1.35 bits per heavy atom. The van der Waals surface area contributed by atoms with Crippen LogP contribution in [0.25, 0.3) is 0 Å². The lowest BCUT2D eigenvalue weighted by atomic mass is 10.0. The van der Waals surface area contributed by atoms with Crippen molar-refractivity contribution in [1.82, 2.24) is 4.90 Å². The van der Waals surface area contributed by atoms with E-state index in [2.05, 4.69) is 10.2 Å². The van der Waals surface area contributed by atoms with Gasteiger partial charge in [0.1, 0.15) is 11.3 Å². The van der Waals surface area contributed by atoms with Crippen LogP contribution < -0.4 is 5.73 Å². The molecule has 1 aliphatic heterocycles. The van der Waals surface area contributed by atoms with Gasteiger partial charge in [-0.1, -0.05) is 11.8 Å². The van der Waals surface area contributed by atoms with Crippen molar-refractivity contribution in [2.45, 2.75) is 38.6 Å². The van der Waals surface area contributed by atoms with Crippen LogP contribution in [-0.4, -0.2) is 66.8 Å². The third-order valence-electron chi connectivity index (χ3n) is 3.28. The van der Waals surface area contributed by atoms with Gasteiger partial charge < -0.3 is 24.8 Å². The number of piperidine rings is 1. The highest BCUT2D eigenvalue weighted by atomic mass is 32.2. The standard InChI is InChI=1S/C14H26N4O4S/c1-13(2,3)22-12(19)18-8-7-14(20-4,21-5)10(9-18)16-17-11(15)23-6/h7-9H2,1-6H3,(H2,15,17). The van der Waals surface area contributed by atoms with E-state index in [1.165, 1.54) is 26.0 Å². The zero-order valence-electron chi connectivity index (χ0n) is 14.6. The summed E-state index contributed by atoms with van der Waals surface area (Å²) in [5, 5.41) is 8.38. The van der Waals surface area contributed by atoms with Gasteiger partial charge in [-0.25, -0.2) is 4.79 Å². The minimum absolute atomic E-state index is 0.196. The number of thioether (sulfide) groups is 1. The van der Waals surface area contributed by atoms with Crippen LogP contribution in [0.3, 0.4) is 0 Å². The van der Waals surface area contributed by atoms with Crippen molar-refractivity contribution in [3.8, 4) is 0 Å². The van der Waals surface area contributed by atoms with Crippen LogP contribution in [0.15, 0.2) is 10.2 Å². The van der Waals surface area contributed by atoms with Crippen molar-refractivity contribution in [1.29, 1.82) is 0 Å². The fraction of sp³-hybridized carbons (Fsp3) is 0.786. The van der Waals surface area contributed by atoms with Gasteiger partial charge >= 0.3 is 6.09 Å². The summed E-state index contributed by atoms with van der Waals surface area (Å²) in [4.78, 5) is 13.8. The van der Waals surface area contributed by atoms with E-state index in [0.29, 0.717) is 23.8 Å². The number of ether oxygens (including phenoxy) is 3. The maximum atomic E-state index is 12.2. The first kappa shape index (κ1) is 19.7. The Balaban J connectivity index is 3.01. The summed E-state index contributed by atoms with van der Waals surface area (Å²) in [5.41, 5.74) is 5.56. The maximum absolute atomic E-state index is 12.2. The van der Waals surface area contributed by atoms with E-state index in [-0.39, 0.29) is 6.54 Å². The minimum atomic E-state index is -1.01. The average molecular weight is 346 g/mol. The van der Waals surface area contributed by atoms with E-state index in [1.54, 1.807) is 11.2 Å². The Hall–Kier alpha value is -1.32. The van der Waals surface area contributed by atoms with Gasteiger partial charge in [-0.2, -0.15) is 0 Å². The molecule has 0 radical (unpaired) electrons. The van der Waals surface area contributed by atoms with E-state index in [0.717, 1.165) is 0 Å². The van der Waals surface area contributed by atoms with Crippen LogP contribution in [0.2, 0.25) is 0 Å². The van der Waals surface area contributed by atoms with E-state index in [9.17, 15) is 4.79 Å². The molecule has 0 unspecified atom stereocenters. The van der Waals surface area contributed by atoms with Gasteiger partial charge in [0.25, 0.3) is 0 Å².